The molecule has 5 aromatic rings. The van der Waals surface area contributed by atoms with Crippen LogP contribution in [0.3, 0.4) is 0 Å². The van der Waals surface area contributed by atoms with E-state index in [0.29, 0.717) is 53.2 Å². The number of carbonyl (C=O) groups is 1. The fourth-order valence-electron chi connectivity index (χ4n) is 5.17. The number of ether oxygens (including phenoxy) is 1. The lowest BCUT2D eigenvalue weighted by atomic mass is 10.1. The van der Waals surface area contributed by atoms with Gasteiger partial charge in [-0.1, -0.05) is 24.3 Å². The van der Waals surface area contributed by atoms with Gasteiger partial charge in [0.1, 0.15) is 17.4 Å². The zero-order valence-electron chi connectivity index (χ0n) is 24.6. The van der Waals surface area contributed by atoms with Crippen molar-refractivity contribution in [1.82, 2.24) is 19.4 Å². The summed E-state index contributed by atoms with van der Waals surface area (Å²) in [6, 6.07) is 20.8. The van der Waals surface area contributed by atoms with Crippen molar-refractivity contribution in [2.45, 2.75) is 38.9 Å². The van der Waals surface area contributed by atoms with Crippen LogP contribution in [-0.2, 0) is 23.8 Å². The number of benzene rings is 3. The molecule has 0 aliphatic carbocycles. The highest BCUT2D eigenvalue weighted by Gasteiger charge is 2.35. The maximum Gasteiger partial charge on any atom is 0.419 e. The molecule has 7 nitrogen and oxygen atoms in total. The molecule has 2 heterocycles. The summed E-state index contributed by atoms with van der Waals surface area (Å²) in [5, 5.41) is 0.375. The van der Waals surface area contributed by atoms with Crippen LogP contribution in [0.1, 0.15) is 42.5 Å². The van der Waals surface area contributed by atoms with Gasteiger partial charge in [-0.25, -0.2) is 9.37 Å². The standard InChI is InChI=1S/C34H30F4N4O3/c1-3-45-26-14-12-25(13-15-26)42-32(40-30-10-5-4-9-27(30)33(42)44)22(2)41(19-17-24-8-6-7-18-39-24)31(43)21-23-11-16-29(35)28(20-23)34(36,37)38/h4-16,18,20,22H,3,17,19,21H2,1-2H3. The molecular formula is C34H30F4N4O3. The molecule has 0 radical (unpaired) electrons. The largest absolute Gasteiger partial charge is 0.494 e. The van der Waals surface area contributed by atoms with Crippen LogP contribution in [0.25, 0.3) is 16.6 Å². The van der Waals surface area contributed by atoms with Crippen LogP contribution in [0.15, 0.2) is 95.9 Å². The Morgan fingerprint density at radius 1 is 1.00 bits per heavy atom. The van der Waals surface area contributed by atoms with Gasteiger partial charge in [0.25, 0.3) is 5.56 Å². The molecule has 1 atom stereocenters. The normalized spacial score (nSPS) is 12.2. The highest BCUT2D eigenvalue weighted by atomic mass is 19.4. The minimum Gasteiger partial charge on any atom is -0.494 e. The van der Waals surface area contributed by atoms with E-state index in [-0.39, 0.29) is 23.5 Å². The third-order valence-corrected chi connectivity index (χ3v) is 7.40. The third kappa shape index (κ3) is 7.03. The van der Waals surface area contributed by atoms with Gasteiger partial charge in [0.05, 0.1) is 41.2 Å². The van der Waals surface area contributed by atoms with E-state index in [1.165, 1.54) is 9.47 Å². The number of para-hydroxylation sites is 1. The molecule has 0 aliphatic heterocycles. The van der Waals surface area contributed by atoms with Gasteiger partial charge in [-0.2, -0.15) is 13.2 Å². The first-order valence-electron chi connectivity index (χ1n) is 14.4. The molecule has 0 aliphatic rings. The molecule has 1 amide bonds. The number of hydrogen-bond donors (Lipinski definition) is 0. The maximum absolute atomic E-state index is 14.0. The molecule has 0 fully saturated rings. The summed E-state index contributed by atoms with van der Waals surface area (Å²) in [5.74, 6) is -1.08. The highest BCUT2D eigenvalue weighted by molar-refractivity contribution is 5.80. The number of rotatable bonds is 10. The van der Waals surface area contributed by atoms with Crippen LogP contribution >= 0.6 is 0 Å². The number of alkyl halides is 3. The Bertz CT molecular complexity index is 1860. The van der Waals surface area contributed by atoms with E-state index in [2.05, 4.69) is 4.98 Å². The van der Waals surface area contributed by atoms with E-state index in [1.807, 2.05) is 13.0 Å². The molecule has 0 spiro atoms. The fraction of sp³-hybridized carbons (Fsp3) is 0.235. The SMILES string of the molecule is CCOc1ccc(-n2c(C(C)N(CCc3ccccn3)C(=O)Cc3ccc(F)c(C(F)(F)F)c3)nc3ccccc3c2=O)cc1. The Balaban J connectivity index is 1.59. The molecule has 3 aromatic carbocycles. The van der Waals surface area contributed by atoms with Gasteiger partial charge in [0, 0.05) is 24.9 Å². The second kappa shape index (κ2) is 13.3. The quantitative estimate of drug-likeness (QED) is 0.163. The number of halogens is 4. The summed E-state index contributed by atoms with van der Waals surface area (Å²) in [6.07, 6.45) is -3.40. The molecule has 11 heteroatoms. The molecule has 5 rings (SSSR count). The van der Waals surface area contributed by atoms with E-state index in [1.54, 1.807) is 73.8 Å². The first kappa shape index (κ1) is 31.4. The van der Waals surface area contributed by atoms with Gasteiger partial charge in [-0.05, 0) is 80.1 Å². The lowest BCUT2D eigenvalue weighted by Gasteiger charge is -2.31. The molecular weight excluding hydrogens is 588 g/mol. The van der Waals surface area contributed by atoms with Crippen molar-refractivity contribution in [2.75, 3.05) is 13.2 Å². The van der Waals surface area contributed by atoms with Crippen LogP contribution in [0.4, 0.5) is 17.6 Å². The van der Waals surface area contributed by atoms with E-state index in [0.717, 1.165) is 6.07 Å². The van der Waals surface area contributed by atoms with Crippen LogP contribution in [-0.4, -0.2) is 38.5 Å². The van der Waals surface area contributed by atoms with E-state index in [4.69, 9.17) is 9.72 Å². The molecule has 45 heavy (non-hydrogen) atoms. The lowest BCUT2D eigenvalue weighted by Crippen LogP contribution is -2.39. The Labute approximate surface area is 256 Å². The van der Waals surface area contributed by atoms with Crippen molar-refractivity contribution in [3.05, 3.63) is 130 Å². The number of nitrogens with zero attached hydrogens (tertiary/aromatic N) is 4. The minimum atomic E-state index is -4.92. The first-order chi connectivity index (χ1) is 21.6. The second-order valence-corrected chi connectivity index (χ2v) is 10.4. The van der Waals surface area contributed by atoms with E-state index >= 15 is 0 Å². The number of amides is 1. The zero-order valence-corrected chi connectivity index (χ0v) is 24.6. The first-order valence-corrected chi connectivity index (χ1v) is 14.4. The second-order valence-electron chi connectivity index (χ2n) is 10.4. The van der Waals surface area contributed by atoms with Gasteiger partial charge in [0.2, 0.25) is 5.91 Å². The summed E-state index contributed by atoms with van der Waals surface area (Å²) in [4.78, 5) is 38.4. The Kier molecular flexibility index (Phi) is 9.26. The van der Waals surface area contributed by atoms with Crippen LogP contribution in [0, 0.1) is 5.82 Å². The molecule has 0 bridgehead atoms. The summed E-state index contributed by atoms with van der Waals surface area (Å²) < 4.78 is 61.3. The van der Waals surface area contributed by atoms with E-state index in [9.17, 15) is 27.2 Å². The molecule has 2 aromatic heterocycles. The van der Waals surface area contributed by atoms with Crippen molar-refractivity contribution < 1.29 is 27.1 Å². The molecule has 1 unspecified atom stereocenters. The van der Waals surface area contributed by atoms with Crippen LogP contribution < -0.4 is 10.3 Å². The topological polar surface area (TPSA) is 77.3 Å². The van der Waals surface area contributed by atoms with Gasteiger partial charge in [-0.3, -0.25) is 19.1 Å². The predicted molar refractivity (Wildman–Crippen MR) is 162 cm³/mol. The molecule has 0 saturated carbocycles. The van der Waals surface area contributed by atoms with E-state index < -0.39 is 35.9 Å². The number of pyridine rings is 1. The predicted octanol–water partition coefficient (Wildman–Crippen LogP) is 6.71. The summed E-state index contributed by atoms with van der Waals surface area (Å²) in [7, 11) is 0. The van der Waals surface area contributed by atoms with Crippen LogP contribution in [0.5, 0.6) is 5.75 Å². The van der Waals surface area contributed by atoms with Crippen molar-refractivity contribution in [2.24, 2.45) is 0 Å². The molecule has 0 N–H and O–H groups in total. The molecule has 232 valence electrons. The number of fused-ring (bicyclic) bond motifs is 1. The average Bonchev–Trinajstić information content (AvgIpc) is 3.02. The van der Waals surface area contributed by atoms with Gasteiger partial charge >= 0.3 is 6.18 Å². The van der Waals surface area contributed by atoms with Gasteiger partial charge < -0.3 is 9.64 Å². The monoisotopic (exact) mass is 618 g/mol. The van der Waals surface area contributed by atoms with Crippen molar-refractivity contribution in [1.29, 1.82) is 0 Å². The number of aromatic nitrogens is 3. The van der Waals surface area contributed by atoms with Crippen molar-refractivity contribution in [3.63, 3.8) is 0 Å². The maximum atomic E-state index is 14.0. The Morgan fingerprint density at radius 3 is 2.42 bits per heavy atom. The molecule has 0 saturated heterocycles. The lowest BCUT2D eigenvalue weighted by molar-refractivity contribution is -0.140. The summed E-state index contributed by atoms with van der Waals surface area (Å²) in [6.45, 7) is 4.16. The highest BCUT2D eigenvalue weighted by Crippen LogP contribution is 2.32. The number of carbonyl (C=O) groups excluding carboxylic acids is 1. The summed E-state index contributed by atoms with van der Waals surface area (Å²) in [5.41, 5.74) is -0.178. The van der Waals surface area contributed by atoms with Crippen molar-refractivity contribution >= 4 is 16.8 Å². The van der Waals surface area contributed by atoms with Crippen molar-refractivity contribution in [3.8, 4) is 11.4 Å². The average molecular weight is 619 g/mol. The third-order valence-electron chi connectivity index (χ3n) is 7.40. The minimum absolute atomic E-state index is 0.000801. The van der Waals surface area contributed by atoms with Gasteiger partial charge in [-0.15, -0.1) is 0 Å². The summed E-state index contributed by atoms with van der Waals surface area (Å²) >= 11 is 0. The fourth-order valence-corrected chi connectivity index (χ4v) is 5.17. The number of hydrogen-bond acceptors (Lipinski definition) is 5. The zero-order chi connectivity index (χ0) is 32.1. The van der Waals surface area contributed by atoms with Gasteiger partial charge in [0.15, 0.2) is 0 Å². The Hall–Kier alpha value is -5.06. The smallest absolute Gasteiger partial charge is 0.419 e. The van der Waals surface area contributed by atoms with Crippen LogP contribution in [0.2, 0.25) is 0 Å². The Morgan fingerprint density at radius 2 is 1.73 bits per heavy atom.